The second-order valence-corrected chi connectivity index (χ2v) is 9.29. The molecule has 0 aromatic heterocycles. The number of ether oxygens (including phenoxy) is 3. The lowest BCUT2D eigenvalue weighted by atomic mass is 9.94. The van der Waals surface area contributed by atoms with Gasteiger partial charge in [-0.3, -0.25) is 4.90 Å². The van der Waals surface area contributed by atoms with Crippen LogP contribution in [0.4, 0.5) is 21.0 Å². The highest BCUT2D eigenvalue weighted by Gasteiger charge is 2.36. The molecule has 1 aliphatic rings. The van der Waals surface area contributed by atoms with Crippen LogP contribution in [0, 0.1) is 5.92 Å². The molecule has 0 bridgehead atoms. The van der Waals surface area contributed by atoms with Crippen LogP contribution >= 0.6 is 0 Å². The molecule has 2 aromatic carbocycles. The first-order valence-electron chi connectivity index (χ1n) is 12.5. The predicted molar refractivity (Wildman–Crippen MR) is 145 cm³/mol. The third-order valence-electron chi connectivity index (χ3n) is 5.97. The Kier molecular flexibility index (Phi) is 9.59. The number of nitrogens with one attached hydrogen (secondary N) is 3. The van der Waals surface area contributed by atoms with Crippen molar-refractivity contribution in [2.24, 2.45) is 5.92 Å². The number of hydrogen-bond acceptors (Lipinski definition) is 6. The van der Waals surface area contributed by atoms with Crippen LogP contribution < -0.4 is 25.4 Å². The van der Waals surface area contributed by atoms with Gasteiger partial charge < -0.3 is 30.2 Å². The zero-order chi connectivity index (χ0) is 27.8. The number of urea groups is 2. The van der Waals surface area contributed by atoms with Crippen molar-refractivity contribution in [3.05, 3.63) is 59.3 Å². The summed E-state index contributed by atoms with van der Waals surface area (Å²) in [7, 11) is 3.05. The van der Waals surface area contributed by atoms with Gasteiger partial charge in [-0.2, -0.15) is 0 Å². The minimum absolute atomic E-state index is 0.178. The molecule has 1 heterocycles. The van der Waals surface area contributed by atoms with E-state index in [1.807, 2.05) is 20.8 Å². The fraction of sp³-hybridized carbons (Fsp3) is 0.393. The van der Waals surface area contributed by atoms with E-state index < -0.39 is 18.0 Å². The molecular weight excluding hydrogens is 488 g/mol. The maximum absolute atomic E-state index is 13.1. The number of carbonyl (C=O) groups is 3. The molecule has 204 valence electrons. The monoisotopic (exact) mass is 524 g/mol. The molecule has 2 aromatic rings. The summed E-state index contributed by atoms with van der Waals surface area (Å²) in [6.45, 7) is 8.43. The molecule has 10 heteroatoms. The van der Waals surface area contributed by atoms with Gasteiger partial charge in [0.15, 0.2) is 0 Å². The molecule has 0 radical (unpaired) electrons. The van der Waals surface area contributed by atoms with E-state index in [4.69, 9.17) is 14.2 Å². The van der Waals surface area contributed by atoms with Gasteiger partial charge in [0.25, 0.3) is 0 Å². The summed E-state index contributed by atoms with van der Waals surface area (Å²) in [5, 5.41) is 8.46. The summed E-state index contributed by atoms with van der Waals surface area (Å²) in [6.07, 6.45) is 0.745. The Bertz CT molecular complexity index is 1190. The quantitative estimate of drug-likeness (QED) is 0.363. The third-order valence-corrected chi connectivity index (χ3v) is 5.97. The molecule has 4 amide bonds. The SMILES string of the molecule is CCCN1C(=O)NC(c2ccc(NC(=O)Nc3ccc(OC)cc3OC)cc2)C(C(=O)OCC(C)C)=C1C. The molecule has 0 spiro atoms. The molecule has 1 unspecified atom stereocenters. The van der Waals surface area contributed by atoms with Gasteiger partial charge in [-0.05, 0) is 49.1 Å². The van der Waals surface area contributed by atoms with E-state index in [1.54, 1.807) is 61.4 Å². The third kappa shape index (κ3) is 6.76. The highest BCUT2D eigenvalue weighted by Crippen LogP contribution is 2.33. The van der Waals surface area contributed by atoms with Crippen molar-refractivity contribution >= 4 is 29.4 Å². The van der Waals surface area contributed by atoms with Gasteiger partial charge >= 0.3 is 18.0 Å². The predicted octanol–water partition coefficient (Wildman–Crippen LogP) is 5.30. The summed E-state index contributed by atoms with van der Waals surface area (Å²) in [6, 6.07) is 10.6. The summed E-state index contributed by atoms with van der Waals surface area (Å²) in [5.74, 6) is 0.779. The van der Waals surface area contributed by atoms with Crippen molar-refractivity contribution < 1.29 is 28.6 Å². The van der Waals surface area contributed by atoms with Gasteiger partial charge in [-0.25, -0.2) is 14.4 Å². The molecule has 0 saturated heterocycles. The molecule has 38 heavy (non-hydrogen) atoms. The van der Waals surface area contributed by atoms with Crippen molar-refractivity contribution in [3.63, 3.8) is 0 Å². The molecule has 0 fully saturated rings. The van der Waals surface area contributed by atoms with Crippen LogP contribution in [-0.4, -0.2) is 50.3 Å². The summed E-state index contributed by atoms with van der Waals surface area (Å²) >= 11 is 0. The highest BCUT2D eigenvalue weighted by molar-refractivity contribution is 6.01. The Morgan fingerprint density at radius 3 is 2.37 bits per heavy atom. The number of esters is 1. The van der Waals surface area contributed by atoms with Gasteiger partial charge in [0.05, 0.1) is 38.1 Å². The van der Waals surface area contributed by atoms with E-state index in [1.165, 1.54) is 7.11 Å². The number of nitrogens with zero attached hydrogens (tertiary/aromatic N) is 1. The Morgan fingerprint density at radius 2 is 1.76 bits per heavy atom. The number of amides is 4. The smallest absolute Gasteiger partial charge is 0.338 e. The van der Waals surface area contributed by atoms with Gasteiger partial charge in [0, 0.05) is 24.0 Å². The number of anilines is 2. The lowest BCUT2D eigenvalue weighted by Gasteiger charge is -2.35. The van der Waals surface area contributed by atoms with Crippen molar-refractivity contribution in [3.8, 4) is 11.5 Å². The summed E-state index contributed by atoms with van der Waals surface area (Å²) in [5.41, 5.74) is 2.66. The standard InChI is InChI=1S/C28H36N4O6/c1-7-14-32-18(4)24(26(33)38-16-17(2)3)25(31-28(32)35)19-8-10-20(11-9-19)29-27(34)30-22-13-12-21(36-5)15-23(22)37-6/h8-13,15,17,25H,7,14,16H2,1-6H3,(H,31,35)(H2,29,30,34). The molecule has 3 N–H and O–H groups in total. The lowest BCUT2D eigenvalue weighted by Crippen LogP contribution is -2.48. The second-order valence-electron chi connectivity index (χ2n) is 9.29. The number of carbonyl (C=O) groups excluding carboxylic acids is 3. The zero-order valence-electron chi connectivity index (χ0n) is 22.7. The van der Waals surface area contributed by atoms with E-state index in [0.29, 0.717) is 46.3 Å². The van der Waals surface area contributed by atoms with Crippen LogP contribution in [0.2, 0.25) is 0 Å². The van der Waals surface area contributed by atoms with Crippen LogP contribution in [-0.2, 0) is 9.53 Å². The van der Waals surface area contributed by atoms with Crippen molar-refractivity contribution in [1.29, 1.82) is 0 Å². The Labute approximate surface area is 223 Å². The average molecular weight is 525 g/mol. The first kappa shape index (κ1) is 28.4. The first-order valence-corrected chi connectivity index (χ1v) is 12.5. The molecule has 1 atom stereocenters. The minimum Gasteiger partial charge on any atom is -0.497 e. The summed E-state index contributed by atoms with van der Waals surface area (Å²) in [4.78, 5) is 40.1. The lowest BCUT2D eigenvalue weighted by molar-refractivity contribution is -0.140. The van der Waals surface area contributed by atoms with Gasteiger partial charge in [0.1, 0.15) is 11.5 Å². The van der Waals surface area contributed by atoms with E-state index in [0.717, 1.165) is 6.42 Å². The maximum atomic E-state index is 13.1. The zero-order valence-corrected chi connectivity index (χ0v) is 22.7. The number of rotatable bonds is 10. The molecule has 3 rings (SSSR count). The number of methoxy groups -OCH3 is 2. The molecular formula is C28H36N4O6. The minimum atomic E-state index is -0.679. The second kappa shape index (κ2) is 12.8. The van der Waals surface area contributed by atoms with E-state index in [-0.39, 0.29) is 18.6 Å². The van der Waals surface area contributed by atoms with Crippen molar-refractivity contribution in [2.45, 2.75) is 40.2 Å². The highest BCUT2D eigenvalue weighted by atomic mass is 16.5. The van der Waals surface area contributed by atoms with Gasteiger partial charge in [-0.1, -0.05) is 32.9 Å². The Balaban J connectivity index is 1.79. The molecule has 0 saturated carbocycles. The number of allylic oxidation sites excluding steroid dienone is 1. The van der Waals surface area contributed by atoms with Crippen LogP contribution in [0.3, 0.4) is 0 Å². The van der Waals surface area contributed by atoms with E-state index >= 15 is 0 Å². The maximum Gasteiger partial charge on any atom is 0.338 e. The molecule has 10 nitrogen and oxygen atoms in total. The normalized spacial score (nSPS) is 15.2. The Morgan fingerprint density at radius 1 is 1.05 bits per heavy atom. The number of hydrogen-bond donors (Lipinski definition) is 3. The topological polar surface area (TPSA) is 118 Å². The van der Waals surface area contributed by atoms with Crippen molar-refractivity contribution in [2.75, 3.05) is 38.0 Å². The van der Waals surface area contributed by atoms with E-state index in [9.17, 15) is 14.4 Å². The van der Waals surface area contributed by atoms with Crippen molar-refractivity contribution in [1.82, 2.24) is 10.2 Å². The molecule has 0 aliphatic carbocycles. The van der Waals surface area contributed by atoms with Gasteiger partial charge in [-0.15, -0.1) is 0 Å². The average Bonchev–Trinajstić information content (AvgIpc) is 2.90. The largest absolute Gasteiger partial charge is 0.497 e. The van der Waals surface area contributed by atoms with Crippen LogP contribution in [0.5, 0.6) is 11.5 Å². The van der Waals surface area contributed by atoms with E-state index in [2.05, 4.69) is 16.0 Å². The Hall–Kier alpha value is -4.21. The first-order chi connectivity index (χ1) is 18.2. The molecule has 1 aliphatic heterocycles. The fourth-order valence-corrected chi connectivity index (χ4v) is 4.05. The van der Waals surface area contributed by atoms with Crippen LogP contribution in [0.1, 0.15) is 45.7 Å². The van der Waals surface area contributed by atoms with Gasteiger partial charge in [0.2, 0.25) is 0 Å². The summed E-state index contributed by atoms with van der Waals surface area (Å²) < 4.78 is 16.0. The van der Waals surface area contributed by atoms with Crippen LogP contribution in [0.25, 0.3) is 0 Å². The number of benzene rings is 2. The van der Waals surface area contributed by atoms with Crippen LogP contribution in [0.15, 0.2) is 53.7 Å². The fourth-order valence-electron chi connectivity index (χ4n) is 4.05.